The van der Waals surface area contributed by atoms with E-state index in [9.17, 15) is 22.4 Å². The molecule has 0 aliphatic rings. The van der Waals surface area contributed by atoms with E-state index in [1.54, 1.807) is 16.7 Å². The van der Waals surface area contributed by atoms with Crippen molar-refractivity contribution in [1.82, 2.24) is 20.1 Å². The molecule has 0 unspecified atom stereocenters. The van der Waals surface area contributed by atoms with Crippen molar-refractivity contribution in [1.29, 1.82) is 0 Å². The average molecular weight is 501 g/mol. The Bertz CT molecular complexity index is 1320. The fraction of sp³-hybridized carbons (Fsp3) is 0.160. The van der Waals surface area contributed by atoms with Crippen LogP contribution in [0.15, 0.2) is 78.0 Å². The molecule has 4 rings (SSSR count). The molecule has 1 aromatic heterocycles. The molecular weight excluding hydrogens is 480 g/mol. The number of hydrogen-bond donors (Lipinski definition) is 1. The molecule has 0 saturated heterocycles. The van der Waals surface area contributed by atoms with Crippen LogP contribution in [0.5, 0.6) is 0 Å². The highest BCUT2D eigenvalue weighted by atomic mass is 32.2. The molecule has 1 amide bonds. The molecule has 4 aromatic rings. The van der Waals surface area contributed by atoms with Crippen LogP contribution >= 0.6 is 11.8 Å². The van der Waals surface area contributed by atoms with E-state index < -0.39 is 17.6 Å². The second-order valence-electron chi connectivity index (χ2n) is 7.75. The molecule has 0 fully saturated rings. The summed E-state index contributed by atoms with van der Waals surface area (Å²) in [6, 6.07) is 18.0. The van der Waals surface area contributed by atoms with Gasteiger partial charge in [0.05, 0.1) is 12.1 Å². The zero-order valence-electron chi connectivity index (χ0n) is 18.5. The molecule has 1 heterocycles. The number of nitrogens with zero attached hydrogens (tertiary/aromatic N) is 3. The predicted octanol–water partition coefficient (Wildman–Crippen LogP) is 5.96. The Balaban J connectivity index is 1.55. The van der Waals surface area contributed by atoms with Gasteiger partial charge < -0.3 is 5.32 Å². The largest absolute Gasteiger partial charge is 0.416 e. The van der Waals surface area contributed by atoms with E-state index in [-0.39, 0.29) is 17.9 Å². The normalized spacial score (nSPS) is 11.5. The third kappa shape index (κ3) is 6.07. The summed E-state index contributed by atoms with van der Waals surface area (Å²) in [5.74, 6) is -0.0489. The lowest BCUT2D eigenvalue weighted by Crippen LogP contribution is -2.25. The molecule has 0 aliphatic heterocycles. The molecule has 180 valence electrons. The first kappa shape index (κ1) is 24.5. The quantitative estimate of drug-likeness (QED) is 0.251. The van der Waals surface area contributed by atoms with Crippen molar-refractivity contribution in [2.24, 2.45) is 0 Å². The number of carbonyl (C=O) groups excluding carboxylic acids is 1. The number of amides is 1. The van der Waals surface area contributed by atoms with Gasteiger partial charge >= 0.3 is 6.18 Å². The Morgan fingerprint density at radius 2 is 1.71 bits per heavy atom. The fourth-order valence-corrected chi connectivity index (χ4v) is 4.21. The Morgan fingerprint density at radius 3 is 2.40 bits per heavy atom. The lowest BCUT2D eigenvalue weighted by atomic mass is 10.1. The van der Waals surface area contributed by atoms with Gasteiger partial charge in [0.15, 0.2) is 11.0 Å². The SMILES string of the molecule is Cc1ccc(-n2c(CNC(=O)c3cccc(C(F)(F)F)c3)nnc2SCc2ccc(F)cc2)cc1. The molecule has 3 aromatic carbocycles. The Hall–Kier alpha value is -3.66. The van der Waals surface area contributed by atoms with E-state index in [0.29, 0.717) is 16.7 Å². The van der Waals surface area contributed by atoms with Crippen LogP contribution < -0.4 is 5.32 Å². The lowest BCUT2D eigenvalue weighted by Gasteiger charge is -2.12. The van der Waals surface area contributed by atoms with Crippen molar-refractivity contribution in [3.8, 4) is 5.69 Å². The van der Waals surface area contributed by atoms with Crippen LogP contribution in [-0.2, 0) is 18.5 Å². The Kier molecular flexibility index (Phi) is 7.20. The molecule has 0 spiro atoms. The van der Waals surface area contributed by atoms with Crippen molar-refractivity contribution in [3.05, 3.63) is 107 Å². The van der Waals surface area contributed by atoms with E-state index in [1.807, 2.05) is 31.2 Å². The van der Waals surface area contributed by atoms with Gasteiger partial charge in [-0.15, -0.1) is 10.2 Å². The number of aromatic nitrogens is 3. The smallest absolute Gasteiger partial charge is 0.345 e. The first-order valence-electron chi connectivity index (χ1n) is 10.5. The number of benzene rings is 3. The third-order valence-electron chi connectivity index (χ3n) is 5.13. The number of hydrogen-bond acceptors (Lipinski definition) is 4. The third-order valence-corrected chi connectivity index (χ3v) is 6.13. The maximum Gasteiger partial charge on any atom is 0.416 e. The van der Waals surface area contributed by atoms with Crippen LogP contribution in [0, 0.1) is 12.7 Å². The van der Waals surface area contributed by atoms with Gasteiger partial charge in [-0.25, -0.2) is 4.39 Å². The minimum atomic E-state index is -4.54. The minimum Gasteiger partial charge on any atom is -0.345 e. The van der Waals surface area contributed by atoms with E-state index in [0.717, 1.165) is 28.9 Å². The van der Waals surface area contributed by atoms with Gasteiger partial charge in [-0.1, -0.05) is 47.7 Å². The number of aryl methyl sites for hydroxylation is 1. The molecule has 0 radical (unpaired) electrons. The van der Waals surface area contributed by atoms with Gasteiger partial charge in [0.1, 0.15) is 5.82 Å². The van der Waals surface area contributed by atoms with Crippen molar-refractivity contribution in [3.63, 3.8) is 0 Å². The molecule has 0 atom stereocenters. The average Bonchev–Trinajstić information content (AvgIpc) is 3.25. The summed E-state index contributed by atoms with van der Waals surface area (Å²) in [4.78, 5) is 12.6. The number of halogens is 4. The molecule has 5 nitrogen and oxygen atoms in total. The van der Waals surface area contributed by atoms with Crippen LogP contribution in [0.25, 0.3) is 5.69 Å². The second-order valence-corrected chi connectivity index (χ2v) is 8.69. The summed E-state index contributed by atoms with van der Waals surface area (Å²) in [7, 11) is 0. The van der Waals surface area contributed by atoms with Crippen molar-refractivity contribution >= 4 is 17.7 Å². The van der Waals surface area contributed by atoms with Gasteiger partial charge in [-0.3, -0.25) is 9.36 Å². The number of carbonyl (C=O) groups is 1. The van der Waals surface area contributed by atoms with Crippen molar-refractivity contribution in [2.45, 2.75) is 30.6 Å². The molecule has 1 N–H and O–H groups in total. The van der Waals surface area contributed by atoms with Crippen LogP contribution in [0.2, 0.25) is 0 Å². The van der Waals surface area contributed by atoms with Crippen molar-refractivity contribution < 1.29 is 22.4 Å². The molecule has 0 saturated carbocycles. The first-order valence-corrected chi connectivity index (χ1v) is 11.5. The number of nitrogens with one attached hydrogen (secondary N) is 1. The van der Waals surface area contributed by atoms with Gasteiger partial charge in [-0.2, -0.15) is 13.2 Å². The predicted molar refractivity (Wildman–Crippen MR) is 125 cm³/mol. The maximum atomic E-state index is 13.2. The van der Waals surface area contributed by atoms with E-state index in [1.165, 1.54) is 36.0 Å². The van der Waals surface area contributed by atoms with E-state index >= 15 is 0 Å². The zero-order valence-corrected chi connectivity index (χ0v) is 19.3. The second kappa shape index (κ2) is 10.3. The molecule has 0 bridgehead atoms. The maximum absolute atomic E-state index is 13.2. The van der Waals surface area contributed by atoms with Gasteiger partial charge in [-0.05, 0) is 55.0 Å². The monoisotopic (exact) mass is 500 g/mol. The lowest BCUT2D eigenvalue weighted by molar-refractivity contribution is -0.137. The van der Waals surface area contributed by atoms with Crippen LogP contribution in [0.3, 0.4) is 0 Å². The summed E-state index contributed by atoms with van der Waals surface area (Å²) in [6.45, 7) is 1.91. The number of thioether (sulfide) groups is 1. The highest BCUT2D eigenvalue weighted by Gasteiger charge is 2.31. The van der Waals surface area contributed by atoms with Gasteiger partial charge in [0, 0.05) is 17.0 Å². The Labute approximate surface area is 203 Å². The molecular formula is C25H20F4N4OS. The van der Waals surface area contributed by atoms with Crippen molar-refractivity contribution in [2.75, 3.05) is 0 Å². The molecule has 0 aliphatic carbocycles. The molecule has 10 heteroatoms. The number of rotatable bonds is 7. The summed E-state index contributed by atoms with van der Waals surface area (Å²) >= 11 is 1.39. The summed E-state index contributed by atoms with van der Waals surface area (Å²) in [6.07, 6.45) is -4.54. The Morgan fingerprint density at radius 1 is 1.00 bits per heavy atom. The highest BCUT2D eigenvalue weighted by molar-refractivity contribution is 7.98. The minimum absolute atomic E-state index is 0.0485. The van der Waals surface area contributed by atoms with Crippen LogP contribution in [0.1, 0.15) is 32.9 Å². The van der Waals surface area contributed by atoms with E-state index in [4.69, 9.17) is 0 Å². The van der Waals surface area contributed by atoms with Crippen LogP contribution in [0.4, 0.5) is 17.6 Å². The van der Waals surface area contributed by atoms with Gasteiger partial charge in [0.2, 0.25) is 0 Å². The van der Waals surface area contributed by atoms with Gasteiger partial charge in [0.25, 0.3) is 5.91 Å². The number of alkyl halides is 3. The fourth-order valence-electron chi connectivity index (χ4n) is 3.29. The van der Waals surface area contributed by atoms with E-state index in [2.05, 4.69) is 15.5 Å². The summed E-state index contributed by atoms with van der Waals surface area (Å²) in [5, 5.41) is 11.6. The summed E-state index contributed by atoms with van der Waals surface area (Å²) in [5.41, 5.74) is 1.72. The molecule has 35 heavy (non-hydrogen) atoms. The zero-order chi connectivity index (χ0) is 25.0. The topological polar surface area (TPSA) is 59.8 Å². The standard InChI is InChI=1S/C25H20F4N4OS/c1-16-5-11-21(12-6-16)33-22(31-32-24(33)35-15-17-7-9-20(26)10-8-17)14-30-23(34)18-3-2-4-19(13-18)25(27,28)29/h2-13H,14-15H2,1H3,(H,30,34). The highest BCUT2D eigenvalue weighted by Crippen LogP contribution is 2.30. The summed E-state index contributed by atoms with van der Waals surface area (Å²) < 4.78 is 54.0. The first-order chi connectivity index (χ1) is 16.7. The van der Waals surface area contributed by atoms with Crippen LogP contribution in [-0.4, -0.2) is 20.7 Å².